The number of carbonyl (C=O) groups is 2. The molecule has 0 bridgehead atoms. The van der Waals surface area contributed by atoms with Crippen molar-refractivity contribution in [3.8, 4) is 5.75 Å². The third-order valence-electron chi connectivity index (χ3n) is 8.87. The number of carbonyl (C=O) groups excluding carboxylic acids is 2. The van der Waals surface area contributed by atoms with Crippen molar-refractivity contribution in [3.05, 3.63) is 53.9 Å². The molecule has 1 aromatic carbocycles. The second-order valence-corrected chi connectivity index (χ2v) is 11.8. The smallest absolute Gasteiger partial charge is 0.317 e. The molecule has 1 N–H and O–H groups in total. The molecule has 2 aliphatic heterocycles. The first-order valence-electron chi connectivity index (χ1n) is 15.8. The van der Waals surface area contributed by atoms with E-state index in [-0.39, 0.29) is 17.9 Å². The number of nitrogens with one attached hydrogen (secondary N) is 1. The van der Waals surface area contributed by atoms with Gasteiger partial charge in [0.1, 0.15) is 5.75 Å². The Hall–Kier alpha value is -3.62. The van der Waals surface area contributed by atoms with Crippen LogP contribution in [0.25, 0.3) is 5.57 Å². The molecule has 1 atom stereocenters. The molecule has 3 heterocycles. The molecule has 2 aromatic rings. The maximum Gasteiger partial charge on any atom is 0.317 e. The van der Waals surface area contributed by atoms with Crippen molar-refractivity contribution in [2.24, 2.45) is 11.8 Å². The summed E-state index contributed by atoms with van der Waals surface area (Å²) >= 11 is 0. The summed E-state index contributed by atoms with van der Waals surface area (Å²) in [5.41, 5.74) is 3.69. The van der Waals surface area contributed by atoms with Crippen molar-refractivity contribution in [2.45, 2.75) is 58.8 Å². The number of ether oxygens (including phenoxy) is 1. The van der Waals surface area contributed by atoms with Gasteiger partial charge in [-0.15, -0.1) is 0 Å². The number of allylic oxidation sites excluding steroid dienone is 2. The van der Waals surface area contributed by atoms with E-state index in [1.54, 1.807) is 0 Å². The van der Waals surface area contributed by atoms with Crippen LogP contribution in [0, 0.1) is 11.8 Å². The number of benzene rings is 1. The first kappa shape index (κ1) is 29.9. The normalized spacial score (nSPS) is 19.8. The van der Waals surface area contributed by atoms with Crippen molar-refractivity contribution in [1.82, 2.24) is 25.1 Å². The van der Waals surface area contributed by atoms with Crippen LogP contribution in [0.15, 0.2) is 42.7 Å². The Kier molecular flexibility index (Phi) is 10.3. The predicted molar refractivity (Wildman–Crippen MR) is 165 cm³/mol. The highest BCUT2D eigenvalue weighted by molar-refractivity contribution is 5.81. The lowest BCUT2D eigenvalue weighted by Crippen LogP contribution is -2.54. The molecule has 226 valence electrons. The summed E-state index contributed by atoms with van der Waals surface area (Å²) < 4.78 is 6.17. The minimum absolute atomic E-state index is 0.0179. The highest BCUT2D eigenvalue weighted by Gasteiger charge is 2.30. The standard InChI is InChI=1S/C33H46N6O3/c1-3-15-34-33(41)39-20-18-37(19-21-39)31(40)29-7-5-27(6-8-29)28-9-11-30(12-10-28)42-24-26-13-16-38(17-14-26)32-35-22-25(4-2)23-36-32/h5,9-12,22-23,26,29H,3-4,6-8,13-21,24H2,1-2H3,(H,34,41). The minimum atomic E-state index is -0.0179. The summed E-state index contributed by atoms with van der Waals surface area (Å²) in [6.45, 7) is 9.94. The van der Waals surface area contributed by atoms with Gasteiger partial charge in [0, 0.05) is 64.1 Å². The molecule has 5 rings (SSSR count). The van der Waals surface area contributed by atoms with Gasteiger partial charge in [-0.2, -0.15) is 0 Å². The van der Waals surface area contributed by atoms with Crippen LogP contribution in [0.2, 0.25) is 0 Å². The molecule has 9 nitrogen and oxygen atoms in total. The molecule has 3 aliphatic rings. The summed E-state index contributed by atoms with van der Waals surface area (Å²) in [5.74, 6) is 2.54. The quantitative estimate of drug-likeness (QED) is 0.464. The molecule has 3 amide bonds. The van der Waals surface area contributed by atoms with Crippen molar-refractivity contribution < 1.29 is 14.3 Å². The minimum Gasteiger partial charge on any atom is -0.493 e. The maximum absolute atomic E-state index is 13.2. The molecule has 0 spiro atoms. The SMILES string of the molecule is CCCNC(=O)N1CCN(C(=O)C2CC=C(c3ccc(OCC4CCN(c5ncc(CC)cn5)CC4)cc3)CC2)CC1. The molecule has 2 fully saturated rings. The fourth-order valence-electron chi connectivity index (χ4n) is 6.03. The van der Waals surface area contributed by atoms with Crippen LogP contribution in [0.3, 0.4) is 0 Å². The molecule has 2 saturated heterocycles. The molecule has 0 saturated carbocycles. The van der Waals surface area contributed by atoms with E-state index < -0.39 is 0 Å². The first-order valence-corrected chi connectivity index (χ1v) is 15.8. The Labute approximate surface area is 250 Å². The number of anilines is 1. The third kappa shape index (κ3) is 7.61. The average molecular weight is 575 g/mol. The van der Waals surface area contributed by atoms with Crippen molar-refractivity contribution in [3.63, 3.8) is 0 Å². The zero-order chi connectivity index (χ0) is 29.3. The van der Waals surface area contributed by atoms with Crippen LogP contribution in [0.1, 0.15) is 63.5 Å². The zero-order valence-corrected chi connectivity index (χ0v) is 25.3. The molecular formula is C33H46N6O3. The summed E-state index contributed by atoms with van der Waals surface area (Å²) in [6.07, 6.45) is 12.7. The number of aryl methyl sites for hydroxylation is 1. The van der Waals surface area contributed by atoms with Gasteiger partial charge in [-0.1, -0.05) is 32.1 Å². The maximum atomic E-state index is 13.2. The summed E-state index contributed by atoms with van der Waals surface area (Å²) in [4.78, 5) is 40.5. The van der Waals surface area contributed by atoms with Crippen LogP contribution in [-0.4, -0.2) is 84.1 Å². The molecule has 1 unspecified atom stereocenters. The van der Waals surface area contributed by atoms with Crippen molar-refractivity contribution in [1.29, 1.82) is 0 Å². The Balaban J connectivity index is 1.03. The van der Waals surface area contributed by atoms with Gasteiger partial charge < -0.3 is 24.8 Å². The molecule has 1 aliphatic carbocycles. The zero-order valence-electron chi connectivity index (χ0n) is 25.3. The topological polar surface area (TPSA) is 90.9 Å². The second kappa shape index (κ2) is 14.5. The number of nitrogens with zero attached hydrogens (tertiary/aromatic N) is 5. The average Bonchev–Trinajstić information content (AvgIpc) is 3.06. The van der Waals surface area contributed by atoms with E-state index in [2.05, 4.69) is 57.4 Å². The number of aromatic nitrogens is 2. The van der Waals surface area contributed by atoms with Crippen molar-refractivity contribution in [2.75, 3.05) is 57.3 Å². The van der Waals surface area contributed by atoms with Crippen LogP contribution in [0.5, 0.6) is 5.75 Å². The van der Waals surface area contributed by atoms with Crippen LogP contribution in [0.4, 0.5) is 10.7 Å². The lowest BCUT2D eigenvalue weighted by molar-refractivity contribution is -0.137. The summed E-state index contributed by atoms with van der Waals surface area (Å²) in [6, 6.07) is 8.41. The number of piperidine rings is 1. The van der Waals surface area contributed by atoms with E-state index in [9.17, 15) is 9.59 Å². The lowest BCUT2D eigenvalue weighted by atomic mass is 9.85. The summed E-state index contributed by atoms with van der Waals surface area (Å²) in [5, 5.41) is 2.93. The van der Waals surface area contributed by atoms with E-state index in [4.69, 9.17) is 4.74 Å². The second-order valence-electron chi connectivity index (χ2n) is 11.8. The molecular weight excluding hydrogens is 528 g/mol. The Morgan fingerprint density at radius 2 is 1.62 bits per heavy atom. The highest BCUT2D eigenvalue weighted by Crippen LogP contribution is 2.32. The Bertz CT molecular complexity index is 1200. The number of rotatable bonds is 9. The number of piperazine rings is 1. The molecule has 42 heavy (non-hydrogen) atoms. The van der Waals surface area contributed by atoms with E-state index in [0.29, 0.717) is 38.6 Å². The van der Waals surface area contributed by atoms with Crippen LogP contribution in [-0.2, 0) is 11.2 Å². The van der Waals surface area contributed by atoms with E-state index in [1.807, 2.05) is 29.1 Å². The monoisotopic (exact) mass is 574 g/mol. The van der Waals surface area contributed by atoms with E-state index >= 15 is 0 Å². The lowest BCUT2D eigenvalue weighted by Gasteiger charge is -2.37. The van der Waals surface area contributed by atoms with E-state index in [0.717, 1.165) is 76.3 Å². The largest absolute Gasteiger partial charge is 0.493 e. The van der Waals surface area contributed by atoms with Gasteiger partial charge in [-0.05, 0) is 79.7 Å². The number of hydrogen-bond donors (Lipinski definition) is 1. The van der Waals surface area contributed by atoms with E-state index in [1.165, 1.54) is 16.7 Å². The predicted octanol–water partition coefficient (Wildman–Crippen LogP) is 4.78. The van der Waals surface area contributed by atoms with Crippen LogP contribution >= 0.6 is 0 Å². The number of urea groups is 1. The van der Waals surface area contributed by atoms with Gasteiger partial charge in [0.15, 0.2) is 0 Å². The third-order valence-corrected chi connectivity index (χ3v) is 8.87. The number of amides is 3. The fourth-order valence-corrected chi connectivity index (χ4v) is 6.03. The number of hydrogen-bond acceptors (Lipinski definition) is 6. The van der Waals surface area contributed by atoms with Gasteiger partial charge >= 0.3 is 6.03 Å². The molecule has 1 aromatic heterocycles. The first-order chi connectivity index (χ1) is 20.5. The Morgan fingerprint density at radius 3 is 2.24 bits per heavy atom. The van der Waals surface area contributed by atoms with Gasteiger partial charge in [0.25, 0.3) is 0 Å². The van der Waals surface area contributed by atoms with Gasteiger partial charge in [-0.25, -0.2) is 14.8 Å². The molecule has 9 heteroatoms. The van der Waals surface area contributed by atoms with Gasteiger partial charge in [0.05, 0.1) is 6.61 Å². The highest BCUT2D eigenvalue weighted by atomic mass is 16.5. The summed E-state index contributed by atoms with van der Waals surface area (Å²) in [7, 11) is 0. The van der Waals surface area contributed by atoms with Crippen molar-refractivity contribution >= 4 is 23.5 Å². The van der Waals surface area contributed by atoms with Gasteiger partial charge in [0.2, 0.25) is 11.9 Å². The van der Waals surface area contributed by atoms with Crippen LogP contribution < -0.4 is 15.0 Å². The fraction of sp³-hybridized carbons (Fsp3) is 0.576. The molecule has 0 radical (unpaired) electrons. The Morgan fingerprint density at radius 1 is 0.929 bits per heavy atom. The van der Waals surface area contributed by atoms with Gasteiger partial charge in [-0.3, -0.25) is 4.79 Å².